The van der Waals surface area contributed by atoms with Crippen LogP contribution in [0.15, 0.2) is 0 Å². The van der Waals surface area contributed by atoms with Crippen LogP contribution in [0.2, 0.25) is 0 Å². The summed E-state index contributed by atoms with van der Waals surface area (Å²) >= 11 is 0. The number of phosphoric acid groups is 1. The van der Waals surface area contributed by atoms with Crippen LogP contribution in [0, 0.1) is 0 Å². The molecular formula is H6K3O9PSi. The van der Waals surface area contributed by atoms with Gasteiger partial charge in [0, 0.05) is 0 Å². The molecule has 0 aromatic rings. The van der Waals surface area contributed by atoms with Gasteiger partial charge in [0.05, 0.1) is 7.82 Å². The zero-order chi connectivity index (χ0) is 9.00. The van der Waals surface area contributed by atoms with E-state index in [1.165, 1.54) is 0 Å². The third-order valence-electron chi connectivity index (χ3n) is 0. The second kappa shape index (κ2) is 18.0. The molecule has 14 heteroatoms. The Kier molecular flexibility index (Phi) is 46.9. The molecule has 0 saturated carbocycles. The smallest absolute Gasteiger partial charge is 0.870 e. The normalized spacial score (nSPS) is 8.50. The van der Waals surface area contributed by atoms with Gasteiger partial charge in [0.1, 0.15) is 0 Å². The predicted molar refractivity (Wildman–Crippen MR) is 26.4 cm³/mol. The first-order valence-corrected chi connectivity index (χ1v) is 4.93. The molecule has 72 valence electrons. The van der Waals surface area contributed by atoms with E-state index in [0.29, 0.717) is 0 Å². The quantitative estimate of drug-likeness (QED) is 0.212. The molecule has 14 heavy (non-hydrogen) atoms. The van der Waals surface area contributed by atoms with Crippen LogP contribution in [-0.4, -0.2) is 38.6 Å². The van der Waals surface area contributed by atoms with Crippen LogP contribution in [-0.2, 0) is 4.57 Å². The van der Waals surface area contributed by atoms with Gasteiger partial charge in [-0.3, -0.25) is 0 Å². The van der Waals surface area contributed by atoms with E-state index in [9.17, 15) is 0 Å². The summed E-state index contributed by atoms with van der Waals surface area (Å²) in [5.74, 6) is 0. The van der Waals surface area contributed by atoms with E-state index in [-0.39, 0.29) is 160 Å². The maximum absolute atomic E-state index is 8.66. The molecular weight excluding hydrogens is 320 g/mol. The molecule has 0 aliphatic rings. The van der Waals surface area contributed by atoms with E-state index < -0.39 is 16.9 Å². The van der Waals surface area contributed by atoms with Crippen molar-refractivity contribution in [2.75, 3.05) is 0 Å². The molecule has 0 heterocycles. The van der Waals surface area contributed by atoms with Crippen molar-refractivity contribution in [1.29, 1.82) is 0 Å². The van der Waals surface area contributed by atoms with Gasteiger partial charge in [-0.2, -0.15) is 0 Å². The molecule has 6 N–H and O–H groups in total. The van der Waals surface area contributed by atoms with Crippen molar-refractivity contribution in [2.45, 2.75) is 0 Å². The first kappa shape index (κ1) is 36.4. The van der Waals surface area contributed by atoms with Gasteiger partial charge in [0.2, 0.25) is 0 Å². The SMILES string of the molecule is O=P([O-])([O-])O.O[Si](O)(O)O.[K+].[K+].[K+].[OH-]. The summed E-state index contributed by atoms with van der Waals surface area (Å²) in [6.45, 7) is 0. The third kappa shape index (κ3) is 173. The first-order valence-electron chi connectivity index (χ1n) is 1.64. The molecule has 0 aromatic carbocycles. The van der Waals surface area contributed by atoms with Gasteiger partial charge in [0.15, 0.2) is 0 Å². The molecule has 0 fully saturated rings. The van der Waals surface area contributed by atoms with Gasteiger partial charge in [-0.05, 0) is 0 Å². The Hall–Kier alpha value is 5.04. The standard InChI is InChI=1S/3K.H3O4P.H4O4Si.H2O/c;;;2*1-5(2,3)4;/h;;;(H3,1,2,3,4);1-4H;1H2/q3*+1;;;/p-3. The zero-order valence-electron chi connectivity index (χ0n) is 7.86. The Bertz CT molecular complexity index is 112. The Morgan fingerprint density at radius 1 is 0.929 bits per heavy atom. The zero-order valence-corrected chi connectivity index (χ0v) is 19.1. The summed E-state index contributed by atoms with van der Waals surface area (Å²) in [7, 11) is -9.75. The van der Waals surface area contributed by atoms with Crippen LogP contribution >= 0.6 is 7.82 Å². The second-order valence-corrected chi connectivity index (χ2v) is 3.21. The van der Waals surface area contributed by atoms with Crippen molar-refractivity contribution in [3.63, 3.8) is 0 Å². The van der Waals surface area contributed by atoms with Gasteiger partial charge < -0.3 is 43.9 Å². The van der Waals surface area contributed by atoms with E-state index in [2.05, 4.69) is 0 Å². The molecule has 0 radical (unpaired) electrons. The largest absolute Gasteiger partial charge is 1.00 e. The van der Waals surface area contributed by atoms with Gasteiger partial charge in [0.25, 0.3) is 0 Å². The Balaban J connectivity index is -0.0000000178. The van der Waals surface area contributed by atoms with Crippen molar-refractivity contribution in [3.05, 3.63) is 0 Å². The molecule has 0 aromatic heterocycles. The Morgan fingerprint density at radius 3 is 0.929 bits per heavy atom. The molecule has 0 atom stereocenters. The fraction of sp³-hybridized carbons (Fsp3) is 0. The molecule has 0 saturated heterocycles. The van der Waals surface area contributed by atoms with Crippen LogP contribution in [0.5, 0.6) is 0 Å². The van der Waals surface area contributed by atoms with Crippen LogP contribution in [0.1, 0.15) is 0 Å². The van der Waals surface area contributed by atoms with Crippen LogP contribution in [0.4, 0.5) is 0 Å². The van der Waals surface area contributed by atoms with Crippen LogP contribution < -0.4 is 164 Å². The third-order valence-corrected chi connectivity index (χ3v) is 0. The molecule has 0 aliphatic carbocycles. The molecule has 0 bridgehead atoms. The molecule has 0 rings (SSSR count). The van der Waals surface area contributed by atoms with Gasteiger partial charge >= 0.3 is 163 Å². The van der Waals surface area contributed by atoms with E-state index in [4.69, 9.17) is 38.4 Å². The Labute approximate surface area is 209 Å². The predicted octanol–water partition coefficient (Wildman–Crippen LogP) is -14.0. The number of hydrogen-bond donors (Lipinski definition) is 5. The first-order chi connectivity index (χ1) is 4.00. The monoisotopic (exact) mass is 326 g/mol. The van der Waals surface area contributed by atoms with E-state index in [1.54, 1.807) is 0 Å². The van der Waals surface area contributed by atoms with Gasteiger partial charge in [-0.25, -0.2) is 0 Å². The summed E-state index contributed by atoms with van der Waals surface area (Å²) < 4.78 is 8.66. The Morgan fingerprint density at radius 2 is 0.929 bits per heavy atom. The molecule has 0 aliphatic heterocycles. The average molecular weight is 326 g/mol. The van der Waals surface area contributed by atoms with Crippen molar-refractivity contribution in [1.82, 2.24) is 0 Å². The molecule has 0 amide bonds. The number of hydrogen-bond acceptors (Lipinski definition) is 8. The minimum Gasteiger partial charge on any atom is -0.870 e. The van der Waals surface area contributed by atoms with Crippen molar-refractivity contribution in [2.24, 2.45) is 0 Å². The maximum atomic E-state index is 8.66. The van der Waals surface area contributed by atoms with E-state index in [1.807, 2.05) is 0 Å². The summed E-state index contributed by atoms with van der Waals surface area (Å²) in [6, 6.07) is 0. The van der Waals surface area contributed by atoms with Crippen molar-refractivity contribution >= 4 is 16.9 Å². The summed E-state index contributed by atoms with van der Waals surface area (Å²) in [5, 5.41) is 0. The fourth-order valence-electron chi connectivity index (χ4n) is 0. The maximum Gasteiger partial charge on any atom is 1.00 e. The topological polar surface area (TPSA) is 194 Å². The van der Waals surface area contributed by atoms with Gasteiger partial charge in [-0.15, -0.1) is 0 Å². The van der Waals surface area contributed by atoms with Crippen molar-refractivity contribution in [3.8, 4) is 0 Å². The summed E-state index contributed by atoms with van der Waals surface area (Å²) in [4.78, 5) is 53.6. The average Bonchev–Trinajstić information content (AvgIpc) is 1.12. The summed E-state index contributed by atoms with van der Waals surface area (Å²) in [6.07, 6.45) is 0. The fourth-order valence-corrected chi connectivity index (χ4v) is 0. The van der Waals surface area contributed by atoms with Crippen LogP contribution in [0.3, 0.4) is 0 Å². The minimum atomic E-state index is -5.14. The molecule has 0 unspecified atom stereocenters. The van der Waals surface area contributed by atoms with Crippen molar-refractivity contribution < 1.29 is 198 Å². The second-order valence-electron chi connectivity index (χ2n) is 1.07. The minimum absolute atomic E-state index is 0. The van der Waals surface area contributed by atoms with Crippen LogP contribution in [0.25, 0.3) is 0 Å². The molecule has 9 nitrogen and oxygen atoms in total. The van der Waals surface area contributed by atoms with E-state index >= 15 is 0 Å². The molecule has 0 spiro atoms. The van der Waals surface area contributed by atoms with E-state index in [0.717, 1.165) is 0 Å². The van der Waals surface area contributed by atoms with Gasteiger partial charge in [-0.1, -0.05) is 0 Å². The summed E-state index contributed by atoms with van der Waals surface area (Å²) in [5.41, 5.74) is 0. The number of rotatable bonds is 0.